The highest BCUT2D eigenvalue weighted by atomic mass is 32.2. The molecule has 1 saturated heterocycles. The summed E-state index contributed by atoms with van der Waals surface area (Å²) in [5, 5.41) is 0. The van der Waals surface area contributed by atoms with Gasteiger partial charge in [-0.25, -0.2) is 13.4 Å². The average Bonchev–Trinajstić information content (AvgIpc) is 3.09. The molecule has 0 aliphatic carbocycles. The monoisotopic (exact) mass is 362 g/mol. The third kappa shape index (κ3) is 2.38. The average molecular weight is 362 g/mol. The van der Waals surface area contributed by atoms with Crippen molar-refractivity contribution in [3.8, 4) is 0 Å². The van der Waals surface area contributed by atoms with Crippen molar-refractivity contribution in [2.45, 2.75) is 37.4 Å². The van der Waals surface area contributed by atoms with Crippen molar-refractivity contribution in [3.05, 3.63) is 34.9 Å². The van der Waals surface area contributed by atoms with Gasteiger partial charge in [-0.15, -0.1) is 11.3 Å². The van der Waals surface area contributed by atoms with Gasteiger partial charge in [-0.3, -0.25) is 4.79 Å². The minimum Gasteiger partial charge on any atom is -0.315 e. The minimum absolute atomic E-state index is 0.0238. The van der Waals surface area contributed by atoms with Gasteiger partial charge in [0.2, 0.25) is 20.1 Å². The molecule has 0 N–H and O–H groups in total. The minimum atomic E-state index is -3.65. The molecule has 1 fully saturated rings. The van der Waals surface area contributed by atoms with E-state index in [0.29, 0.717) is 41.9 Å². The number of aromatic nitrogens is 1. The van der Waals surface area contributed by atoms with Gasteiger partial charge >= 0.3 is 0 Å². The number of para-hydroxylation sites is 1. The summed E-state index contributed by atoms with van der Waals surface area (Å²) in [6, 6.07) is 7.41. The molecule has 0 radical (unpaired) electrons. The summed E-state index contributed by atoms with van der Waals surface area (Å²) in [4.78, 5) is 18.7. The van der Waals surface area contributed by atoms with Crippen molar-refractivity contribution < 1.29 is 13.2 Å². The second-order valence-corrected chi connectivity index (χ2v) is 10.3. The molecule has 0 spiro atoms. The van der Waals surface area contributed by atoms with Crippen LogP contribution < -0.4 is 0 Å². The number of sulfone groups is 1. The molecule has 0 atom stereocenters. The Kier molecular flexibility index (Phi) is 3.37. The molecular weight excluding hydrogens is 344 g/mol. The normalized spacial score (nSPS) is 20.8. The molecule has 0 bridgehead atoms. The van der Waals surface area contributed by atoms with Crippen molar-refractivity contribution in [3.63, 3.8) is 0 Å². The Morgan fingerprint density at radius 3 is 2.71 bits per heavy atom. The van der Waals surface area contributed by atoms with Crippen molar-refractivity contribution >= 4 is 37.3 Å². The molecule has 0 saturated carbocycles. The van der Waals surface area contributed by atoms with Crippen molar-refractivity contribution in [2.75, 3.05) is 6.54 Å². The maximum absolute atomic E-state index is 13.1. The van der Waals surface area contributed by atoms with E-state index in [1.807, 2.05) is 38.1 Å². The zero-order chi connectivity index (χ0) is 17.1. The van der Waals surface area contributed by atoms with Gasteiger partial charge < -0.3 is 4.90 Å². The molecule has 7 heteroatoms. The second-order valence-electron chi connectivity index (χ2n) is 7.13. The lowest BCUT2D eigenvalue weighted by Gasteiger charge is -2.36. The number of hydrogen-bond acceptors (Lipinski definition) is 5. The number of amides is 1. The quantitative estimate of drug-likeness (QED) is 0.822. The van der Waals surface area contributed by atoms with Crippen LogP contribution in [0.15, 0.2) is 39.2 Å². The maximum atomic E-state index is 13.1. The lowest BCUT2D eigenvalue weighted by atomic mass is 9.81. The van der Waals surface area contributed by atoms with Crippen molar-refractivity contribution in [2.24, 2.45) is 5.41 Å². The fraction of sp³-hybridized carbons (Fsp3) is 0.412. The van der Waals surface area contributed by atoms with Gasteiger partial charge in [0.15, 0.2) is 0 Å². The highest BCUT2D eigenvalue weighted by Gasteiger charge is 2.43. The number of allylic oxidation sites excluding steroid dienone is 1. The van der Waals surface area contributed by atoms with Gasteiger partial charge in [-0.1, -0.05) is 26.0 Å². The number of carbonyl (C=O) groups excluding carboxylic acids is 1. The summed E-state index contributed by atoms with van der Waals surface area (Å²) in [5.74, 6) is 0.0238. The number of nitrogens with zero attached hydrogens (tertiary/aromatic N) is 2. The third-order valence-corrected chi connectivity index (χ3v) is 7.99. The van der Waals surface area contributed by atoms with Gasteiger partial charge in [-0.05, 0) is 24.0 Å². The fourth-order valence-electron chi connectivity index (χ4n) is 3.49. The van der Waals surface area contributed by atoms with E-state index in [2.05, 4.69) is 4.98 Å². The maximum Gasteiger partial charge on any atom is 0.231 e. The summed E-state index contributed by atoms with van der Waals surface area (Å²) in [7, 11) is -3.65. The van der Waals surface area contributed by atoms with E-state index in [-0.39, 0.29) is 15.7 Å². The molecule has 4 rings (SSSR count). The Balaban J connectivity index is 1.84. The first-order chi connectivity index (χ1) is 11.3. The van der Waals surface area contributed by atoms with Gasteiger partial charge in [0.25, 0.3) is 0 Å². The summed E-state index contributed by atoms with van der Waals surface area (Å²) in [6.45, 7) is 4.48. The van der Waals surface area contributed by atoms with Crippen molar-refractivity contribution in [1.29, 1.82) is 0 Å². The zero-order valence-corrected chi connectivity index (χ0v) is 15.2. The van der Waals surface area contributed by atoms with Crippen LogP contribution in [0.1, 0.15) is 33.1 Å². The number of thiazole rings is 1. The first-order valence-corrected chi connectivity index (χ1v) is 10.2. The predicted octanol–water partition coefficient (Wildman–Crippen LogP) is 3.33. The Morgan fingerprint density at radius 2 is 1.96 bits per heavy atom. The van der Waals surface area contributed by atoms with Crippen LogP contribution in [0.3, 0.4) is 0 Å². The Bertz CT molecular complexity index is 953. The lowest BCUT2D eigenvalue weighted by Crippen LogP contribution is -2.38. The van der Waals surface area contributed by atoms with E-state index in [1.165, 1.54) is 11.3 Å². The highest BCUT2D eigenvalue weighted by molar-refractivity contribution is 7.97. The smallest absolute Gasteiger partial charge is 0.231 e. The largest absolute Gasteiger partial charge is 0.315 e. The Morgan fingerprint density at radius 1 is 1.21 bits per heavy atom. The van der Waals surface area contributed by atoms with Crippen LogP contribution in [0, 0.1) is 5.41 Å². The van der Waals surface area contributed by atoms with E-state index in [1.54, 1.807) is 4.90 Å². The molecule has 3 heterocycles. The van der Waals surface area contributed by atoms with Crippen LogP contribution in [-0.4, -0.2) is 30.8 Å². The van der Waals surface area contributed by atoms with Gasteiger partial charge in [-0.2, -0.15) is 0 Å². The number of carbonyl (C=O) groups is 1. The summed E-state index contributed by atoms with van der Waals surface area (Å²) < 4.78 is 27.2. The number of rotatable bonds is 2. The van der Waals surface area contributed by atoms with E-state index >= 15 is 0 Å². The SMILES string of the molecule is CC1(C)CC(=O)N2CCC(S(=O)(=O)c3nc4ccccc4s3)=C2C1. The molecule has 24 heavy (non-hydrogen) atoms. The number of benzene rings is 1. The fourth-order valence-corrected chi connectivity index (χ4v) is 6.48. The first-order valence-electron chi connectivity index (χ1n) is 7.91. The molecule has 1 aromatic heterocycles. The topological polar surface area (TPSA) is 67.3 Å². The van der Waals surface area contributed by atoms with E-state index in [9.17, 15) is 13.2 Å². The van der Waals surface area contributed by atoms with Crippen molar-refractivity contribution in [1.82, 2.24) is 9.88 Å². The molecule has 2 aliphatic rings. The van der Waals surface area contributed by atoms with Crippen LogP contribution >= 0.6 is 11.3 Å². The van der Waals surface area contributed by atoms with E-state index in [0.717, 1.165) is 4.70 Å². The standard InChI is InChI=1S/C17H18N2O3S2/c1-17(2)9-12-14(7-8-19(12)15(20)10-17)24(21,22)16-18-11-5-3-4-6-13(11)23-16/h3-6H,7-10H2,1-2H3. The molecule has 1 aromatic carbocycles. The second kappa shape index (κ2) is 5.13. The molecule has 5 nitrogen and oxygen atoms in total. The van der Waals surface area contributed by atoms with Crippen LogP contribution in [-0.2, 0) is 14.6 Å². The van der Waals surface area contributed by atoms with Gasteiger partial charge in [0, 0.05) is 25.1 Å². The van der Waals surface area contributed by atoms with Crippen LogP contribution in [0.5, 0.6) is 0 Å². The van der Waals surface area contributed by atoms with Gasteiger partial charge in [0.1, 0.15) is 0 Å². The van der Waals surface area contributed by atoms with Crippen LogP contribution in [0.2, 0.25) is 0 Å². The molecule has 126 valence electrons. The number of hydrogen-bond donors (Lipinski definition) is 0. The molecule has 1 amide bonds. The Labute approximate surface area is 144 Å². The zero-order valence-electron chi connectivity index (χ0n) is 13.6. The lowest BCUT2D eigenvalue weighted by molar-refractivity contribution is -0.133. The predicted molar refractivity (Wildman–Crippen MR) is 93.2 cm³/mol. The van der Waals surface area contributed by atoms with Gasteiger partial charge in [0.05, 0.1) is 15.1 Å². The highest BCUT2D eigenvalue weighted by Crippen LogP contribution is 2.44. The number of fused-ring (bicyclic) bond motifs is 2. The first kappa shape index (κ1) is 15.8. The third-order valence-electron chi connectivity index (χ3n) is 4.62. The van der Waals surface area contributed by atoms with E-state index < -0.39 is 9.84 Å². The summed E-state index contributed by atoms with van der Waals surface area (Å²) in [5.41, 5.74) is 1.17. The molecule has 2 aromatic rings. The van der Waals surface area contributed by atoms with Crippen LogP contribution in [0.4, 0.5) is 0 Å². The van der Waals surface area contributed by atoms with E-state index in [4.69, 9.17) is 0 Å². The summed E-state index contributed by atoms with van der Waals surface area (Å²) in [6.07, 6.45) is 1.46. The molecule has 2 aliphatic heterocycles. The van der Waals surface area contributed by atoms with Crippen LogP contribution in [0.25, 0.3) is 10.2 Å². The summed E-state index contributed by atoms with van der Waals surface area (Å²) >= 11 is 1.19. The molecule has 0 unspecified atom stereocenters. The molecular formula is C17H18N2O3S2. The Hall–Kier alpha value is -1.73. The number of piperidine rings is 1.